The van der Waals surface area contributed by atoms with Crippen molar-refractivity contribution in [1.29, 1.82) is 0 Å². The number of anilines is 1. The van der Waals surface area contributed by atoms with Crippen LogP contribution in [-0.4, -0.2) is 123 Å². The van der Waals surface area contributed by atoms with Crippen molar-refractivity contribution < 1.29 is 49.8 Å². The topological polar surface area (TPSA) is 200 Å². The zero-order valence-corrected chi connectivity index (χ0v) is 26.4. The Morgan fingerprint density at radius 3 is 1.92 bits per heavy atom. The fraction of sp³-hybridized carbons (Fsp3) is 0.619. The molecule has 36 heavy (non-hydrogen) atoms. The molecule has 0 aliphatic carbocycles. The van der Waals surface area contributed by atoms with Gasteiger partial charge in [0, 0.05) is 26.7 Å². The van der Waals surface area contributed by atoms with Crippen molar-refractivity contribution in [3.05, 3.63) is 21.8 Å². The number of hydrogen-bond donors (Lipinski definition) is 9. The lowest BCUT2D eigenvalue weighted by molar-refractivity contribution is -0.928. The highest BCUT2D eigenvalue weighted by atomic mass is 127. The van der Waals surface area contributed by atoms with Crippen molar-refractivity contribution in [3.8, 4) is 0 Å². The van der Waals surface area contributed by atoms with Gasteiger partial charge in [0.05, 0.1) is 35.1 Å². The summed E-state index contributed by atoms with van der Waals surface area (Å²) in [6.45, 7) is -0.292. The SMILES string of the molecule is CNC(=O)c1c(I)c(C[N+](C)(CC(O)CO)C[C@H](O)[C@@H](O)[C@H](O)[C@H](O)CO)c(I)c(NC(C)=O)c1I. The standard InChI is InChI=1S/C21H32I3N3O9/c1-9(30)26-18-16(23)11(15(22)14(17(18)24)21(36)25-2)5-27(3,4-10(31)7-28)6-12(32)19(34)20(35)13(33)8-29/h10,12-13,19-20,28-29,31-35H,4-8H2,1-3H3,(H-,25,26,30,36)/p+1/t10?,12-,13+,19+,20+,27?/m0/s1. The molecule has 9 N–H and O–H groups in total. The van der Waals surface area contributed by atoms with Crippen LogP contribution in [0.15, 0.2) is 0 Å². The zero-order chi connectivity index (χ0) is 28.0. The molecular formula is C21H33I3N3O9+. The molecule has 0 radical (unpaired) electrons. The summed E-state index contributed by atoms with van der Waals surface area (Å²) in [7, 11) is 3.12. The van der Waals surface area contributed by atoms with Crippen molar-refractivity contribution in [2.75, 3.05) is 45.7 Å². The lowest BCUT2D eigenvalue weighted by Gasteiger charge is -2.39. The first-order valence-electron chi connectivity index (χ1n) is 10.8. The highest BCUT2D eigenvalue weighted by molar-refractivity contribution is 14.1. The van der Waals surface area contributed by atoms with Crippen molar-refractivity contribution >= 4 is 85.3 Å². The van der Waals surface area contributed by atoms with Crippen LogP contribution in [0.3, 0.4) is 0 Å². The molecule has 0 saturated carbocycles. The van der Waals surface area contributed by atoms with E-state index in [1.165, 1.54) is 14.0 Å². The number of amides is 2. The second-order valence-electron chi connectivity index (χ2n) is 8.71. The number of halogens is 3. The van der Waals surface area contributed by atoms with E-state index in [2.05, 4.69) is 10.6 Å². The molecule has 0 aliphatic heterocycles. The van der Waals surface area contributed by atoms with Gasteiger partial charge in [0.1, 0.15) is 50.2 Å². The fourth-order valence-electron chi connectivity index (χ4n) is 3.74. The molecule has 0 aliphatic rings. The number of nitrogens with one attached hydrogen (secondary N) is 2. The van der Waals surface area contributed by atoms with E-state index in [9.17, 15) is 40.2 Å². The molecule has 0 heterocycles. The average Bonchev–Trinajstić information content (AvgIpc) is 2.82. The first-order valence-corrected chi connectivity index (χ1v) is 14.0. The van der Waals surface area contributed by atoms with Gasteiger partial charge < -0.3 is 50.9 Å². The summed E-state index contributed by atoms with van der Waals surface area (Å²) in [5.41, 5.74) is 1.37. The molecule has 0 bridgehead atoms. The van der Waals surface area contributed by atoms with E-state index in [1.54, 1.807) is 7.05 Å². The Hall–Kier alpha value is 0.0300. The van der Waals surface area contributed by atoms with Crippen LogP contribution in [0, 0.1) is 10.7 Å². The predicted molar refractivity (Wildman–Crippen MR) is 156 cm³/mol. The smallest absolute Gasteiger partial charge is 0.253 e. The minimum Gasteiger partial charge on any atom is -0.394 e. The van der Waals surface area contributed by atoms with Crippen LogP contribution in [0.4, 0.5) is 5.69 Å². The largest absolute Gasteiger partial charge is 0.394 e. The van der Waals surface area contributed by atoms with Gasteiger partial charge in [0.2, 0.25) is 5.91 Å². The Balaban J connectivity index is 3.62. The normalized spacial score (nSPS) is 17.5. The van der Waals surface area contributed by atoms with Gasteiger partial charge in [-0.2, -0.15) is 0 Å². The van der Waals surface area contributed by atoms with E-state index in [0.29, 0.717) is 27.5 Å². The number of carbonyl (C=O) groups excluding carboxylic acids is 2. The van der Waals surface area contributed by atoms with Crippen LogP contribution >= 0.6 is 67.8 Å². The van der Waals surface area contributed by atoms with Crippen LogP contribution in [0.25, 0.3) is 0 Å². The monoisotopic (exact) mass is 852 g/mol. The number of aliphatic hydroxyl groups is 7. The van der Waals surface area contributed by atoms with E-state index in [0.717, 1.165) is 0 Å². The third-order valence-corrected chi connectivity index (χ3v) is 8.98. The van der Waals surface area contributed by atoms with Crippen molar-refractivity contribution in [2.24, 2.45) is 0 Å². The number of aliphatic hydroxyl groups excluding tert-OH is 7. The summed E-state index contributed by atoms with van der Waals surface area (Å²) < 4.78 is 1.56. The van der Waals surface area contributed by atoms with E-state index in [1.807, 2.05) is 67.8 Å². The number of hydrogen-bond acceptors (Lipinski definition) is 9. The zero-order valence-electron chi connectivity index (χ0n) is 20.0. The second-order valence-corrected chi connectivity index (χ2v) is 11.9. The second kappa shape index (κ2) is 15.0. The van der Waals surface area contributed by atoms with Crippen molar-refractivity contribution in [1.82, 2.24) is 5.32 Å². The Morgan fingerprint density at radius 2 is 1.44 bits per heavy atom. The van der Waals surface area contributed by atoms with E-state index >= 15 is 0 Å². The number of nitrogens with zero attached hydrogens (tertiary/aromatic N) is 1. The number of benzene rings is 1. The van der Waals surface area contributed by atoms with Crippen LogP contribution in [0.5, 0.6) is 0 Å². The fourth-order valence-corrected chi connectivity index (χ4v) is 8.01. The van der Waals surface area contributed by atoms with Gasteiger partial charge in [-0.1, -0.05) is 0 Å². The minimum absolute atomic E-state index is 0.0815. The molecule has 0 saturated heterocycles. The Labute approximate surface area is 250 Å². The minimum atomic E-state index is -1.83. The van der Waals surface area contributed by atoms with E-state index in [-0.39, 0.29) is 35.9 Å². The average molecular weight is 852 g/mol. The molecule has 1 aromatic rings. The molecule has 0 fully saturated rings. The lowest BCUT2D eigenvalue weighted by atomic mass is 10.0. The van der Waals surface area contributed by atoms with Crippen LogP contribution in [-0.2, 0) is 11.3 Å². The Bertz CT molecular complexity index is 940. The Kier molecular flexibility index (Phi) is 14.2. The maximum absolute atomic E-state index is 12.7. The van der Waals surface area contributed by atoms with Crippen LogP contribution in [0.2, 0.25) is 0 Å². The molecule has 2 unspecified atom stereocenters. The number of rotatable bonds is 13. The van der Waals surface area contributed by atoms with Gasteiger partial charge in [0.15, 0.2) is 0 Å². The third-order valence-electron chi connectivity index (χ3n) is 5.52. The van der Waals surface area contributed by atoms with Gasteiger partial charge in [-0.3, -0.25) is 9.59 Å². The highest BCUT2D eigenvalue weighted by Crippen LogP contribution is 2.37. The number of likely N-dealkylation sites (N-methyl/N-ethyl adjacent to an activating group) is 1. The summed E-state index contributed by atoms with van der Waals surface area (Å²) in [6, 6.07) is 0. The number of quaternary nitrogens is 1. The van der Waals surface area contributed by atoms with Crippen LogP contribution < -0.4 is 10.6 Å². The molecule has 15 heteroatoms. The molecule has 1 rings (SSSR count). The molecule has 6 atom stereocenters. The van der Waals surface area contributed by atoms with Gasteiger partial charge in [-0.25, -0.2) is 0 Å². The first kappa shape index (κ1) is 34.1. The molecule has 1 aromatic carbocycles. The quantitative estimate of drug-likeness (QED) is 0.0843. The van der Waals surface area contributed by atoms with Gasteiger partial charge in [-0.05, 0) is 67.8 Å². The number of carbonyl (C=O) groups is 2. The maximum atomic E-state index is 12.7. The molecule has 206 valence electrons. The highest BCUT2D eigenvalue weighted by Gasteiger charge is 2.38. The molecule has 12 nitrogen and oxygen atoms in total. The first-order chi connectivity index (χ1) is 16.6. The summed E-state index contributed by atoms with van der Waals surface area (Å²) in [5.74, 6) is -0.724. The van der Waals surface area contributed by atoms with E-state index < -0.39 is 43.7 Å². The summed E-state index contributed by atoms with van der Waals surface area (Å²) in [4.78, 5) is 24.6. The molecule has 0 aromatic heterocycles. The lowest BCUT2D eigenvalue weighted by Crippen LogP contribution is -2.57. The predicted octanol–water partition coefficient (Wildman–Crippen LogP) is -1.45. The van der Waals surface area contributed by atoms with E-state index in [4.69, 9.17) is 5.11 Å². The van der Waals surface area contributed by atoms with Gasteiger partial charge >= 0.3 is 0 Å². The van der Waals surface area contributed by atoms with Gasteiger partial charge in [-0.15, -0.1) is 0 Å². The summed E-state index contributed by atoms with van der Waals surface area (Å²) in [5, 5.41) is 74.8. The Morgan fingerprint density at radius 1 is 0.889 bits per heavy atom. The summed E-state index contributed by atoms with van der Waals surface area (Å²) >= 11 is 6.04. The van der Waals surface area contributed by atoms with Crippen molar-refractivity contribution in [3.63, 3.8) is 0 Å². The molecule has 2 amide bonds. The maximum Gasteiger partial charge on any atom is 0.253 e. The molecule has 0 spiro atoms. The summed E-state index contributed by atoms with van der Waals surface area (Å²) in [6.07, 6.45) is -8.11. The third kappa shape index (κ3) is 8.78. The van der Waals surface area contributed by atoms with Gasteiger partial charge in [0.25, 0.3) is 5.91 Å². The van der Waals surface area contributed by atoms with Crippen LogP contribution in [0.1, 0.15) is 22.8 Å². The molecular weight excluding hydrogens is 819 g/mol. The van der Waals surface area contributed by atoms with Crippen molar-refractivity contribution in [2.45, 2.75) is 44.0 Å².